The van der Waals surface area contributed by atoms with Gasteiger partial charge in [-0.2, -0.15) is 0 Å². The smallest absolute Gasteiger partial charge is 0.303 e. The molecule has 0 aromatic carbocycles. The molecule has 0 saturated carbocycles. The SMILES string of the molecule is C=C(C)COP(C)(=O)CCC(=O)O. The Morgan fingerprint density at radius 3 is 2.54 bits per heavy atom. The minimum absolute atomic E-state index is 0.0790. The van der Waals surface area contributed by atoms with Gasteiger partial charge in [0.1, 0.15) is 0 Å². The van der Waals surface area contributed by atoms with Crippen LogP contribution in [0.5, 0.6) is 0 Å². The monoisotopic (exact) mass is 206 g/mol. The second-order valence-corrected chi connectivity index (χ2v) is 5.85. The van der Waals surface area contributed by atoms with Crippen molar-refractivity contribution in [1.82, 2.24) is 0 Å². The summed E-state index contributed by atoms with van der Waals surface area (Å²) >= 11 is 0. The minimum atomic E-state index is -2.74. The molecule has 76 valence electrons. The predicted molar refractivity (Wildman–Crippen MR) is 51.4 cm³/mol. The van der Waals surface area contributed by atoms with Crippen LogP contribution in [0.4, 0.5) is 0 Å². The number of carboxylic acids is 1. The van der Waals surface area contributed by atoms with Gasteiger partial charge < -0.3 is 9.63 Å². The molecule has 4 nitrogen and oxygen atoms in total. The molecule has 0 spiro atoms. The first-order valence-electron chi connectivity index (χ1n) is 3.91. The molecule has 0 aliphatic heterocycles. The molecule has 1 N–H and O–H groups in total. The summed E-state index contributed by atoms with van der Waals surface area (Å²) in [5, 5.41) is 8.36. The van der Waals surface area contributed by atoms with Gasteiger partial charge in [0.15, 0.2) is 0 Å². The van der Waals surface area contributed by atoms with Crippen LogP contribution in [0.25, 0.3) is 0 Å². The van der Waals surface area contributed by atoms with Crippen LogP contribution in [0.3, 0.4) is 0 Å². The van der Waals surface area contributed by atoms with Gasteiger partial charge in [0, 0.05) is 12.8 Å². The Balaban J connectivity index is 3.87. The number of hydrogen-bond donors (Lipinski definition) is 1. The Kier molecular flexibility index (Phi) is 4.96. The molecule has 0 aromatic rings. The number of rotatable bonds is 6. The Morgan fingerprint density at radius 1 is 1.62 bits per heavy atom. The average molecular weight is 206 g/mol. The Hall–Kier alpha value is -0.600. The van der Waals surface area contributed by atoms with Gasteiger partial charge in [0.25, 0.3) is 0 Å². The lowest BCUT2D eigenvalue weighted by Gasteiger charge is -2.12. The fourth-order valence-electron chi connectivity index (χ4n) is 0.610. The van der Waals surface area contributed by atoms with Crippen LogP contribution in [-0.4, -0.2) is 30.5 Å². The topological polar surface area (TPSA) is 63.6 Å². The second kappa shape index (κ2) is 5.20. The first kappa shape index (κ1) is 12.4. The Bertz CT molecular complexity index is 225. The molecule has 0 aliphatic carbocycles. The largest absolute Gasteiger partial charge is 0.481 e. The van der Waals surface area contributed by atoms with Gasteiger partial charge in [-0.1, -0.05) is 12.2 Å². The first-order valence-corrected chi connectivity index (χ1v) is 6.16. The zero-order valence-electron chi connectivity index (χ0n) is 7.95. The second-order valence-electron chi connectivity index (χ2n) is 3.11. The highest BCUT2D eigenvalue weighted by atomic mass is 31.2. The summed E-state index contributed by atoms with van der Waals surface area (Å²) in [5.74, 6) is -0.957. The first-order chi connectivity index (χ1) is 5.83. The molecule has 5 heteroatoms. The molecule has 0 fully saturated rings. The molecular weight excluding hydrogens is 191 g/mol. The molecule has 0 saturated heterocycles. The van der Waals surface area contributed by atoms with Crippen molar-refractivity contribution in [1.29, 1.82) is 0 Å². The van der Waals surface area contributed by atoms with E-state index in [1.165, 1.54) is 6.66 Å². The summed E-state index contributed by atoms with van der Waals surface area (Å²) in [6.45, 7) is 7.02. The van der Waals surface area contributed by atoms with Crippen LogP contribution in [0.15, 0.2) is 12.2 Å². The van der Waals surface area contributed by atoms with E-state index in [9.17, 15) is 9.36 Å². The van der Waals surface area contributed by atoms with E-state index in [0.29, 0.717) is 0 Å². The molecule has 1 atom stereocenters. The summed E-state index contributed by atoms with van der Waals surface area (Å²) in [7, 11) is -2.74. The fraction of sp³-hybridized carbons (Fsp3) is 0.625. The molecule has 0 heterocycles. The van der Waals surface area contributed by atoms with Crippen LogP contribution >= 0.6 is 7.37 Å². The molecule has 1 unspecified atom stereocenters. The van der Waals surface area contributed by atoms with E-state index in [1.807, 2.05) is 0 Å². The normalized spacial score (nSPS) is 14.9. The zero-order valence-corrected chi connectivity index (χ0v) is 8.84. The van der Waals surface area contributed by atoms with Crippen molar-refractivity contribution in [2.75, 3.05) is 19.4 Å². The van der Waals surface area contributed by atoms with Crippen LogP contribution in [0.1, 0.15) is 13.3 Å². The Labute approximate surface area is 78.0 Å². The van der Waals surface area contributed by atoms with Gasteiger partial charge in [-0.05, 0) is 6.92 Å². The molecule has 0 rings (SSSR count). The highest BCUT2D eigenvalue weighted by molar-refractivity contribution is 7.58. The molecular formula is C8H15O4P. The van der Waals surface area contributed by atoms with Gasteiger partial charge in [-0.15, -0.1) is 0 Å². The van der Waals surface area contributed by atoms with Crippen molar-refractivity contribution in [2.24, 2.45) is 0 Å². The molecule has 0 aliphatic rings. The molecule has 0 radical (unpaired) electrons. The standard InChI is InChI=1S/C8H15O4P/c1-7(2)6-12-13(3,11)5-4-8(9)10/h1,4-6H2,2-3H3,(H,9,10). The number of carbonyl (C=O) groups is 1. The summed E-state index contributed by atoms with van der Waals surface area (Å²) in [6, 6.07) is 0. The van der Waals surface area contributed by atoms with Gasteiger partial charge >= 0.3 is 5.97 Å². The van der Waals surface area contributed by atoms with Crippen molar-refractivity contribution in [3.8, 4) is 0 Å². The molecule has 0 bridgehead atoms. The van der Waals surface area contributed by atoms with Crippen molar-refractivity contribution in [3.63, 3.8) is 0 Å². The summed E-state index contributed by atoms with van der Waals surface area (Å²) in [6.07, 6.45) is -0.0421. The van der Waals surface area contributed by atoms with Crippen LogP contribution < -0.4 is 0 Å². The summed E-state index contributed by atoms with van der Waals surface area (Å²) < 4.78 is 16.5. The van der Waals surface area contributed by atoms with E-state index < -0.39 is 13.3 Å². The third kappa shape index (κ3) is 7.75. The van der Waals surface area contributed by atoms with Crippen LogP contribution in [-0.2, 0) is 13.9 Å². The van der Waals surface area contributed by atoms with Gasteiger partial charge in [-0.3, -0.25) is 9.36 Å². The maximum absolute atomic E-state index is 11.5. The van der Waals surface area contributed by atoms with E-state index in [-0.39, 0.29) is 19.2 Å². The van der Waals surface area contributed by atoms with E-state index in [1.54, 1.807) is 6.92 Å². The van der Waals surface area contributed by atoms with E-state index in [2.05, 4.69) is 6.58 Å². The Morgan fingerprint density at radius 2 is 2.15 bits per heavy atom. The zero-order chi connectivity index (χ0) is 10.5. The van der Waals surface area contributed by atoms with Crippen molar-refractivity contribution in [3.05, 3.63) is 12.2 Å². The van der Waals surface area contributed by atoms with Crippen LogP contribution in [0, 0.1) is 0 Å². The van der Waals surface area contributed by atoms with E-state index in [4.69, 9.17) is 9.63 Å². The quantitative estimate of drug-likeness (QED) is 0.533. The predicted octanol–water partition coefficient (Wildman–Crippen LogP) is 1.96. The highest BCUT2D eigenvalue weighted by Gasteiger charge is 2.17. The molecule has 13 heavy (non-hydrogen) atoms. The molecule has 0 amide bonds. The summed E-state index contributed by atoms with van der Waals surface area (Å²) in [5.41, 5.74) is 0.775. The third-order valence-corrected chi connectivity index (χ3v) is 3.03. The minimum Gasteiger partial charge on any atom is -0.481 e. The lowest BCUT2D eigenvalue weighted by Crippen LogP contribution is -2.02. The highest BCUT2D eigenvalue weighted by Crippen LogP contribution is 2.43. The van der Waals surface area contributed by atoms with Crippen molar-refractivity contribution >= 4 is 13.3 Å². The van der Waals surface area contributed by atoms with Crippen LogP contribution in [0.2, 0.25) is 0 Å². The number of aliphatic carboxylic acids is 1. The van der Waals surface area contributed by atoms with Crippen molar-refractivity contribution in [2.45, 2.75) is 13.3 Å². The third-order valence-electron chi connectivity index (χ3n) is 1.32. The van der Waals surface area contributed by atoms with Gasteiger partial charge in [-0.25, -0.2) is 0 Å². The average Bonchev–Trinajstić information content (AvgIpc) is 1.98. The maximum atomic E-state index is 11.5. The lowest BCUT2D eigenvalue weighted by molar-refractivity contribution is -0.136. The van der Waals surface area contributed by atoms with E-state index in [0.717, 1.165) is 5.57 Å². The lowest BCUT2D eigenvalue weighted by atomic mass is 10.4. The fourth-order valence-corrected chi connectivity index (χ4v) is 1.83. The molecule has 0 aromatic heterocycles. The van der Waals surface area contributed by atoms with Gasteiger partial charge in [0.2, 0.25) is 7.37 Å². The number of hydrogen-bond acceptors (Lipinski definition) is 3. The summed E-state index contributed by atoms with van der Waals surface area (Å²) in [4.78, 5) is 10.2. The van der Waals surface area contributed by atoms with E-state index >= 15 is 0 Å². The van der Waals surface area contributed by atoms with Gasteiger partial charge in [0.05, 0.1) is 13.0 Å². The maximum Gasteiger partial charge on any atom is 0.303 e. The number of carboxylic acid groups (broad SMARTS) is 1. The van der Waals surface area contributed by atoms with Crippen molar-refractivity contribution < 1.29 is 19.0 Å².